The van der Waals surface area contributed by atoms with Crippen LogP contribution in [0.15, 0.2) is 34.7 Å². The molecule has 0 spiro atoms. The number of nitrogens with zero attached hydrogens (tertiary/aromatic N) is 3. The maximum atomic E-state index is 12.8. The van der Waals surface area contributed by atoms with Gasteiger partial charge in [0.1, 0.15) is 11.9 Å². The van der Waals surface area contributed by atoms with E-state index in [2.05, 4.69) is 14.6 Å². The second-order valence-electron chi connectivity index (χ2n) is 6.49. The Morgan fingerprint density at radius 3 is 2.28 bits per heavy atom. The van der Waals surface area contributed by atoms with Crippen molar-refractivity contribution in [3.63, 3.8) is 0 Å². The van der Waals surface area contributed by atoms with Crippen LogP contribution in [0.4, 0.5) is 18.9 Å². The SMILES string of the molecule is CC(C)(C)C(Cl)C(=O)N(Cc1nnc(C(F)(F)F)o1)c1ccccc1. The molecule has 1 atom stereocenters. The van der Waals surface area contributed by atoms with E-state index in [4.69, 9.17) is 11.6 Å². The van der Waals surface area contributed by atoms with Gasteiger partial charge < -0.3 is 9.32 Å². The summed E-state index contributed by atoms with van der Waals surface area (Å²) in [7, 11) is 0. The van der Waals surface area contributed by atoms with Gasteiger partial charge in [-0.1, -0.05) is 39.0 Å². The lowest BCUT2D eigenvalue weighted by Crippen LogP contribution is -2.42. The molecule has 1 heterocycles. The van der Waals surface area contributed by atoms with Gasteiger partial charge in [0, 0.05) is 5.69 Å². The third-order valence-electron chi connectivity index (χ3n) is 3.31. The van der Waals surface area contributed by atoms with E-state index in [0.29, 0.717) is 5.69 Å². The second kappa shape index (κ2) is 7.03. The Bertz CT molecular complexity index is 726. The molecular formula is C16H17ClF3N3O2. The first-order valence-electron chi connectivity index (χ1n) is 7.40. The van der Waals surface area contributed by atoms with E-state index >= 15 is 0 Å². The first kappa shape index (κ1) is 19.2. The van der Waals surface area contributed by atoms with Gasteiger partial charge in [0.15, 0.2) is 0 Å². The number of amides is 1. The lowest BCUT2D eigenvalue weighted by Gasteiger charge is -2.30. The van der Waals surface area contributed by atoms with Crippen molar-refractivity contribution in [3.8, 4) is 0 Å². The second-order valence-corrected chi connectivity index (χ2v) is 6.92. The average molecular weight is 376 g/mol. The first-order valence-corrected chi connectivity index (χ1v) is 7.84. The maximum Gasteiger partial charge on any atom is 0.470 e. The number of hydrogen-bond acceptors (Lipinski definition) is 4. The maximum absolute atomic E-state index is 12.8. The topological polar surface area (TPSA) is 59.2 Å². The van der Waals surface area contributed by atoms with Crippen molar-refractivity contribution in [1.29, 1.82) is 0 Å². The Morgan fingerprint density at radius 2 is 1.80 bits per heavy atom. The van der Waals surface area contributed by atoms with E-state index in [-0.39, 0.29) is 12.4 Å². The van der Waals surface area contributed by atoms with Crippen LogP contribution < -0.4 is 4.90 Å². The largest absolute Gasteiger partial charge is 0.470 e. The number of alkyl halides is 4. The zero-order valence-corrected chi connectivity index (χ0v) is 14.6. The summed E-state index contributed by atoms with van der Waals surface area (Å²) in [6.07, 6.45) is -4.74. The monoisotopic (exact) mass is 375 g/mol. The first-order chi connectivity index (χ1) is 11.5. The van der Waals surface area contributed by atoms with Crippen molar-refractivity contribution in [1.82, 2.24) is 10.2 Å². The highest BCUT2D eigenvalue weighted by Crippen LogP contribution is 2.30. The Balaban J connectivity index is 2.33. The van der Waals surface area contributed by atoms with Crippen LogP contribution in [-0.2, 0) is 17.5 Å². The van der Waals surface area contributed by atoms with Gasteiger partial charge in [-0.15, -0.1) is 21.8 Å². The molecule has 9 heteroatoms. The number of carbonyl (C=O) groups excluding carboxylic acids is 1. The summed E-state index contributed by atoms with van der Waals surface area (Å²) in [6.45, 7) is 5.06. The molecule has 0 radical (unpaired) electrons. The standard InChI is InChI=1S/C16H17ClF3N3O2/c1-15(2,3)12(17)13(24)23(10-7-5-4-6-8-10)9-11-21-22-14(25-11)16(18,19)20/h4-8,12H,9H2,1-3H3. The average Bonchev–Trinajstić information content (AvgIpc) is 3.00. The van der Waals surface area contributed by atoms with Gasteiger partial charge in [0.2, 0.25) is 11.8 Å². The van der Waals surface area contributed by atoms with Gasteiger partial charge >= 0.3 is 12.1 Å². The third kappa shape index (κ3) is 4.72. The Kier molecular flexibility index (Phi) is 5.41. The van der Waals surface area contributed by atoms with E-state index in [1.54, 1.807) is 51.1 Å². The molecule has 0 saturated carbocycles. The van der Waals surface area contributed by atoms with Gasteiger partial charge in [0.25, 0.3) is 0 Å². The Labute approximate surface area is 147 Å². The van der Waals surface area contributed by atoms with Gasteiger partial charge in [-0.2, -0.15) is 13.2 Å². The van der Waals surface area contributed by atoms with Crippen molar-refractivity contribution >= 4 is 23.2 Å². The number of carbonyl (C=O) groups is 1. The highest BCUT2D eigenvalue weighted by molar-refractivity contribution is 6.33. The molecule has 0 aliphatic carbocycles. The van der Waals surface area contributed by atoms with Crippen LogP contribution in [0.1, 0.15) is 32.6 Å². The molecule has 0 bridgehead atoms. The van der Waals surface area contributed by atoms with Crippen LogP contribution in [0.2, 0.25) is 0 Å². The molecule has 1 aromatic heterocycles. The van der Waals surface area contributed by atoms with Crippen LogP contribution in [0.5, 0.6) is 0 Å². The number of anilines is 1. The predicted octanol–water partition coefficient (Wildman–Crippen LogP) is 4.28. The van der Waals surface area contributed by atoms with Crippen molar-refractivity contribution in [3.05, 3.63) is 42.1 Å². The van der Waals surface area contributed by atoms with Crippen LogP contribution in [0.25, 0.3) is 0 Å². The molecule has 0 fully saturated rings. The Morgan fingerprint density at radius 1 is 1.20 bits per heavy atom. The van der Waals surface area contributed by atoms with Crippen molar-refractivity contribution in [2.24, 2.45) is 5.41 Å². The zero-order valence-electron chi connectivity index (χ0n) is 13.8. The third-order valence-corrected chi connectivity index (χ3v) is 4.16. The van der Waals surface area contributed by atoms with Gasteiger partial charge in [0.05, 0.1) is 0 Å². The molecule has 5 nitrogen and oxygen atoms in total. The van der Waals surface area contributed by atoms with Crippen molar-refractivity contribution in [2.45, 2.75) is 38.9 Å². The summed E-state index contributed by atoms with van der Waals surface area (Å²) >= 11 is 6.26. The summed E-state index contributed by atoms with van der Waals surface area (Å²) in [5.41, 5.74) is -0.0772. The van der Waals surface area contributed by atoms with Crippen molar-refractivity contribution < 1.29 is 22.4 Å². The predicted molar refractivity (Wildman–Crippen MR) is 86.0 cm³/mol. The van der Waals surface area contributed by atoms with Crippen LogP contribution >= 0.6 is 11.6 Å². The molecule has 1 unspecified atom stereocenters. The fourth-order valence-corrected chi connectivity index (χ4v) is 2.10. The smallest absolute Gasteiger partial charge is 0.415 e. The molecule has 0 aliphatic heterocycles. The molecule has 1 amide bonds. The molecule has 2 aromatic rings. The van der Waals surface area contributed by atoms with E-state index in [0.717, 1.165) is 0 Å². The minimum atomic E-state index is -4.74. The molecule has 25 heavy (non-hydrogen) atoms. The summed E-state index contributed by atoms with van der Waals surface area (Å²) in [5.74, 6) is -2.25. The van der Waals surface area contributed by atoms with E-state index in [9.17, 15) is 18.0 Å². The van der Waals surface area contributed by atoms with E-state index in [1.807, 2.05) is 0 Å². The molecule has 1 aromatic carbocycles. The van der Waals surface area contributed by atoms with Gasteiger partial charge in [-0.3, -0.25) is 4.79 Å². The fraction of sp³-hybridized carbons (Fsp3) is 0.438. The molecule has 0 aliphatic rings. The summed E-state index contributed by atoms with van der Waals surface area (Å²) in [4.78, 5) is 14.0. The van der Waals surface area contributed by atoms with Gasteiger partial charge in [-0.25, -0.2) is 0 Å². The number of para-hydroxylation sites is 1. The zero-order chi connectivity index (χ0) is 18.8. The molecule has 0 N–H and O–H groups in total. The minimum Gasteiger partial charge on any atom is -0.415 e. The van der Waals surface area contributed by atoms with E-state index < -0.39 is 28.8 Å². The Hall–Kier alpha value is -2.09. The molecule has 2 rings (SSSR count). The van der Waals surface area contributed by atoms with Crippen LogP contribution in [0.3, 0.4) is 0 Å². The summed E-state index contributed by atoms with van der Waals surface area (Å²) in [6, 6.07) is 8.44. The fourth-order valence-electron chi connectivity index (χ4n) is 1.98. The number of rotatable bonds is 4. The quantitative estimate of drug-likeness (QED) is 0.748. The molecular weight excluding hydrogens is 359 g/mol. The number of halogens is 4. The minimum absolute atomic E-state index is 0.314. The molecule has 0 saturated heterocycles. The highest BCUT2D eigenvalue weighted by Gasteiger charge is 2.39. The number of hydrogen-bond donors (Lipinski definition) is 0. The van der Waals surface area contributed by atoms with Gasteiger partial charge in [-0.05, 0) is 17.5 Å². The lowest BCUT2D eigenvalue weighted by molar-refractivity contribution is -0.157. The molecule has 136 valence electrons. The lowest BCUT2D eigenvalue weighted by atomic mass is 9.91. The number of benzene rings is 1. The number of aromatic nitrogens is 2. The van der Waals surface area contributed by atoms with Crippen molar-refractivity contribution in [2.75, 3.05) is 4.90 Å². The van der Waals surface area contributed by atoms with Crippen LogP contribution in [0, 0.1) is 5.41 Å². The van der Waals surface area contributed by atoms with Crippen LogP contribution in [-0.4, -0.2) is 21.5 Å². The summed E-state index contributed by atoms with van der Waals surface area (Å²) < 4.78 is 42.5. The summed E-state index contributed by atoms with van der Waals surface area (Å²) in [5, 5.41) is 5.46. The normalized spacial score (nSPS) is 13.6. The highest BCUT2D eigenvalue weighted by atomic mass is 35.5. The van der Waals surface area contributed by atoms with E-state index in [1.165, 1.54) is 4.90 Å².